The summed E-state index contributed by atoms with van der Waals surface area (Å²) < 4.78 is 5.42. The van der Waals surface area contributed by atoms with Gasteiger partial charge in [0.15, 0.2) is 0 Å². The molecule has 0 amide bonds. The lowest BCUT2D eigenvalue weighted by atomic mass is 9.80. The van der Waals surface area contributed by atoms with Gasteiger partial charge in [0.05, 0.1) is 12.7 Å². The van der Waals surface area contributed by atoms with Crippen LogP contribution in [0.25, 0.3) is 0 Å². The van der Waals surface area contributed by atoms with Gasteiger partial charge in [-0.05, 0) is 12.7 Å². The number of ether oxygens (including phenoxy) is 1. The highest BCUT2D eigenvalue weighted by Crippen LogP contribution is 2.21. The largest absolute Gasteiger partial charge is 0.480 e. The molecule has 7 nitrogen and oxygen atoms in total. The van der Waals surface area contributed by atoms with Crippen LogP contribution in [0.5, 0.6) is 0 Å². The molecular formula is C10H21BN2O5. The second kappa shape index (κ2) is 7.05. The third-order valence-corrected chi connectivity index (χ3v) is 3.20. The highest BCUT2D eigenvalue weighted by molar-refractivity contribution is 6.40. The average molecular weight is 260 g/mol. The zero-order valence-corrected chi connectivity index (χ0v) is 10.3. The van der Waals surface area contributed by atoms with E-state index < -0.39 is 24.7 Å². The Morgan fingerprint density at radius 1 is 1.50 bits per heavy atom. The van der Waals surface area contributed by atoms with Crippen LogP contribution in [0.2, 0.25) is 6.32 Å². The molecule has 2 unspecified atom stereocenters. The molecular weight excluding hydrogens is 239 g/mol. The third-order valence-electron chi connectivity index (χ3n) is 3.20. The van der Waals surface area contributed by atoms with Crippen LogP contribution in [0.4, 0.5) is 0 Å². The summed E-state index contributed by atoms with van der Waals surface area (Å²) in [7, 11) is -1.35. The van der Waals surface area contributed by atoms with E-state index in [0.29, 0.717) is 32.5 Å². The molecule has 1 fully saturated rings. The van der Waals surface area contributed by atoms with Gasteiger partial charge in [0.2, 0.25) is 0 Å². The highest BCUT2D eigenvalue weighted by atomic mass is 16.5. The topological polar surface area (TPSA) is 125 Å². The third kappa shape index (κ3) is 4.22. The molecule has 1 aliphatic heterocycles. The molecule has 0 spiro atoms. The molecule has 0 aromatic heterocycles. The van der Waals surface area contributed by atoms with E-state index in [0.717, 1.165) is 0 Å². The zero-order valence-electron chi connectivity index (χ0n) is 10.3. The smallest absolute Gasteiger partial charge is 0.451 e. The van der Waals surface area contributed by atoms with E-state index in [-0.39, 0.29) is 12.7 Å². The van der Waals surface area contributed by atoms with Crippen LogP contribution in [0.1, 0.15) is 19.3 Å². The highest BCUT2D eigenvalue weighted by Gasteiger charge is 2.43. The van der Waals surface area contributed by atoms with Gasteiger partial charge in [-0.25, -0.2) is 0 Å². The fourth-order valence-corrected chi connectivity index (χ4v) is 2.05. The van der Waals surface area contributed by atoms with Crippen molar-refractivity contribution in [1.29, 1.82) is 0 Å². The van der Waals surface area contributed by atoms with Crippen LogP contribution in [-0.4, -0.2) is 59.6 Å². The molecule has 1 aliphatic rings. The summed E-state index contributed by atoms with van der Waals surface area (Å²) in [4.78, 5) is 11.3. The molecule has 0 bridgehead atoms. The Hall–Kier alpha value is -0.665. The molecule has 0 aliphatic carbocycles. The van der Waals surface area contributed by atoms with Crippen molar-refractivity contribution < 1.29 is 24.7 Å². The van der Waals surface area contributed by atoms with Crippen molar-refractivity contribution in [1.82, 2.24) is 5.32 Å². The maximum absolute atomic E-state index is 11.3. The molecule has 0 aromatic rings. The number of hydrogen-bond donors (Lipinski definition) is 5. The van der Waals surface area contributed by atoms with Crippen molar-refractivity contribution in [2.75, 3.05) is 19.7 Å². The van der Waals surface area contributed by atoms with Gasteiger partial charge in [0, 0.05) is 13.1 Å². The van der Waals surface area contributed by atoms with Crippen LogP contribution in [-0.2, 0) is 9.53 Å². The monoisotopic (exact) mass is 260 g/mol. The Kier molecular flexibility index (Phi) is 6.03. The lowest BCUT2D eigenvalue weighted by Crippen LogP contribution is -2.63. The quantitative estimate of drug-likeness (QED) is 0.276. The fourth-order valence-electron chi connectivity index (χ4n) is 2.05. The average Bonchev–Trinajstić information content (AvgIpc) is 2.35. The van der Waals surface area contributed by atoms with Crippen LogP contribution in [0.3, 0.4) is 0 Å². The molecule has 104 valence electrons. The molecule has 1 rings (SSSR count). The maximum atomic E-state index is 11.3. The summed E-state index contributed by atoms with van der Waals surface area (Å²) in [6, 6.07) is 0. The molecule has 18 heavy (non-hydrogen) atoms. The van der Waals surface area contributed by atoms with E-state index in [1.165, 1.54) is 0 Å². The Labute approximate surface area is 106 Å². The van der Waals surface area contributed by atoms with Gasteiger partial charge in [-0.2, -0.15) is 0 Å². The number of carbonyl (C=O) groups is 1. The van der Waals surface area contributed by atoms with E-state index in [1.807, 2.05) is 0 Å². The number of nitrogens with one attached hydrogen (secondary N) is 1. The minimum atomic E-state index is -1.42. The number of rotatable bonds is 7. The minimum absolute atomic E-state index is 0.222. The number of carboxylic acid groups (broad SMARTS) is 1. The SMILES string of the molecule is NC(CCCCB(O)O)(C(=O)O)C1CNCCO1. The summed E-state index contributed by atoms with van der Waals surface area (Å²) in [6.45, 7) is 1.57. The van der Waals surface area contributed by atoms with Gasteiger partial charge >= 0.3 is 13.1 Å². The summed E-state index contributed by atoms with van der Waals surface area (Å²) in [6.07, 6.45) is 0.952. The summed E-state index contributed by atoms with van der Waals surface area (Å²) in [5.41, 5.74) is 4.52. The van der Waals surface area contributed by atoms with Crippen LogP contribution in [0, 0.1) is 0 Å². The van der Waals surface area contributed by atoms with Gasteiger partial charge in [-0.1, -0.05) is 12.8 Å². The minimum Gasteiger partial charge on any atom is -0.480 e. The van der Waals surface area contributed by atoms with E-state index in [1.54, 1.807) is 0 Å². The molecule has 0 aromatic carbocycles. The Morgan fingerprint density at radius 2 is 2.22 bits per heavy atom. The normalized spacial score (nSPS) is 23.4. The predicted octanol–water partition coefficient (Wildman–Crippen LogP) is -1.60. The zero-order chi connectivity index (χ0) is 13.6. The van der Waals surface area contributed by atoms with Gasteiger partial charge in [-0.3, -0.25) is 4.79 Å². The fraction of sp³-hybridized carbons (Fsp3) is 0.900. The Bertz CT molecular complexity index is 273. The first-order chi connectivity index (χ1) is 8.47. The number of carboxylic acids is 1. The standard InChI is InChI=1S/C10H21BN2O5/c12-10(9(14)15,3-1-2-4-11(16)17)8-7-13-5-6-18-8/h8,13,16-17H,1-7,12H2,(H,14,15). The van der Waals surface area contributed by atoms with Crippen LogP contribution in [0.15, 0.2) is 0 Å². The van der Waals surface area contributed by atoms with Gasteiger partial charge in [0.25, 0.3) is 0 Å². The first-order valence-electron chi connectivity index (χ1n) is 6.17. The molecule has 0 radical (unpaired) electrons. The Morgan fingerprint density at radius 3 is 2.72 bits per heavy atom. The number of hydrogen-bond acceptors (Lipinski definition) is 6. The van der Waals surface area contributed by atoms with Gasteiger partial charge in [-0.15, -0.1) is 0 Å². The van der Waals surface area contributed by atoms with E-state index in [9.17, 15) is 9.90 Å². The van der Waals surface area contributed by atoms with Gasteiger partial charge in [0.1, 0.15) is 5.54 Å². The van der Waals surface area contributed by atoms with Crippen molar-refractivity contribution >= 4 is 13.1 Å². The molecule has 2 atom stereocenters. The van der Waals surface area contributed by atoms with E-state index >= 15 is 0 Å². The maximum Gasteiger partial charge on any atom is 0.451 e. The summed E-state index contributed by atoms with van der Waals surface area (Å²) >= 11 is 0. The molecule has 8 heteroatoms. The second-order valence-corrected chi connectivity index (χ2v) is 4.64. The van der Waals surface area contributed by atoms with Crippen LogP contribution < -0.4 is 11.1 Å². The first-order valence-corrected chi connectivity index (χ1v) is 6.17. The van der Waals surface area contributed by atoms with Gasteiger partial charge < -0.3 is 30.9 Å². The second-order valence-electron chi connectivity index (χ2n) is 4.64. The summed E-state index contributed by atoms with van der Waals surface area (Å²) in [5.74, 6) is -1.08. The molecule has 6 N–H and O–H groups in total. The van der Waals surface area contributed by atoms with Crippen molar-refractivity contribution in [3.63, 3.8) is 0 Å². The van der Waals surface area contributed by atoms with E-state index in [4.69, 9.17) is 20.5 Å². The summed E-state index contributed by atoms with van der Waals surface area (Å²) in [5, 5.41) is 29.7. The van der Waals surface area contributed by atoms with Crippen LogP contribution >= 0.6 is 0 Å². The molecule has 0 saturated carbocycles. The van der Waals surface area contributed by atoms with Crippen molar-refractivity contribution in [2.24, 2.45) is 5.73 Å². The molecule has 1 heterocycles. The number of aliphatic carboxylic acids is 1. The Balaban J connectivity index is 2.48. The first kappa shape index (κ1) is 15.4. The van der Waals surface area contributed by atoms with Crippen molar-refractivity contribution in [3.05, 3.63) is 0 Å². The van der Waals surface area contributed by atoms with Crippen molar-refractivity contribution in [3.8, 4) is 0 Å². The number of unbranched alkanes of at least 4 members (excludes halogenated alkanes) is 1. The van der Waals surface area contributed by atoms with Crippen molar-refractivity contribution in [2.45, 2.75) is 37.2 Å². The number of nitrogens with two attached hydrogens (primary N) is 1. The lowest BCUT2D eigenvalue weighted by molar-refractivity contribution is -0.151. The predicted molar refractivity (Wildman–Crippen MR) is 66.0 cm³/mol. The molecule has 1 saturated heterocycles. The lowest BCUT2D eigenvalue weighted by Gasteiger charge is -2.36. The van der Waals surface area contributed by atoms with E-state index in [2.05, 4.69) is 5.32 Å². The number of morpholine rings is 1.